The van der Waals surface area contributed by atoms with Crippen molar-refractivity contribution >= 4 is 58.0 Å². The third-order valence-electron chi connectivity index (χ3n) is 3.59. The summed E-state index contributed by atoms with van der Waals surface area (Å²) in [5.41, 5.74) is 0.751. The van der Waals surface area contributed by atoms with Crippen molar-refractivity contribution < 1.29 is 18.8 Å². The number of carbonyl (C=O) groups excluding carboxylic acids is 3. The van der Waals surface area contributed by atoms with E-state index in [1.54, 1.807) is 12.1 Å². The van der Waals surface area contributed by atoms with Gasteiger partial charge in [-0.25, -0.2) is 4.39 Å². The Hall–Kier alpha value is -2.15. The van der Waals surface area contributed by atoms with Gasteiger partial charge in [0, 0.05) is 15.6 Å². The lowest BCUT2D eigenvalue weighted by Gasteiger charge is -2.11. The molecule has 0 radical (unpaired) electrons. The normalized spacial score (nSPS) is 15.8. The molecule has 2 aromatic rings. The predicted molar refractivity (Wildman–Crippen MR) is 99.9 cm³/mol. The minimum Gasteiger partial charge on any atom is -0.292 e. The highest BCUT2D eigenvalue weighted by atomic mass is 35.5. The van der Waals surface area contributed by atoms with Crippen LogP contribution in [0.2, 0.25) is 10.0 Å². The van der Waals surface area contributed by atoms with Crippen LogP contribution < -0.4 is 0 Å². The summed E-state index contributed by atoms with van der Waals surface area (Å²) in [6.45, 7) is -0.415. The molecular weight excluding hydrogens is 400 g/mol. The molecule has 4 nitrogen and oxygen atoms in total. The molecule has 1 aliphatic rings. The van der Waals surface area contributed by atoms with Gasteiger partial charge in [0.05, 0.1) is 11.4 Å². The number of hydrogen-bond donors (Lipinski definition) is 0. The van der Waals surface area contributed by atoms with Crippen LogP contribution in [-0.4, -0.2) is 28.4 Å². The van der Waals surface area contributed by atoms with Gasteiger partial charge in [-0.2, -0.15) is 0 Å². The van der Waals surface area contributed by atoms with Gasteiger partial charge in [-0.15, -0.1) is 0 Å². The third kappa shape index (κ3) is 3.98. The second-order valence-corrected chi connectivity index (χ2v) is 7.20. The van der Waals surface area contributed by atoms with Gasteiger partial charge < -0.3 is 0 Å². The number of hydrogen-bond acceptors (Lipinski definition) is 4. The molecule has 0 aromatic heterocycles. The number of amides is 2. The zero-order valence-corrected chi connectivity index (χ0v) is 15.4. The van der Waals surface area contributed by atoms with Crippen LogP contribution in [0.1, 0.15) is 15.9 Å². The fourth-order valence-corrected chi connectivity index (χ4v) is 3.56. The molecule has 0 spiro atoms. The number of rotatable bonds is 4. The minimum atomic E-state index is -0.582. The van der Waals surface area contributed by atoms with Gasteiger partial charge >= 0.3 is 0 Å². The van der Waals surface area contributed by atoms with Crippen molar-refractivity contribution in [1.82, 2.24) is 4.90 Å². The molecule has 132 valence electrons. The summed E-state index contributed by atoms with van der Waals surface area (Å²) in [7, 11) is 0. The topological polar surface area (TPSA) is 54.5 Å². The Bertz CT molecular complexity index is 944. The van der Waals surface area contributed by atoms with E-state index in [9.17, 15) is 18.8 Å². The molecule has 26 heavy (non-hydrogen) atoms. The van der Waals surface area contributed by atoms with Crippen molar-refractivity contribution in [3.63, 3.8) is 0 Å². The highest BCUT2D eigenvalue weighted by Crippen LogP contribution is 2.34. The monoisotopic (exact) mass is 409 g/mol. The number of Topliss-reactive ketones (excluding diaryl/α,β-unsaturated/α-hetero) is 1. The zero-order chi connectivity index (χ0) is 18.8. The summed E-state index contributed by atoms with van der Waals surface area (Å²) < 4.78 is 12.9. The van der Waals surface area contributed by atoms with Crippen molar-refractivity contribution in [2.24, 2.45) is 0 Å². The van der Waals surface area contributed by atoms with Crippen LogP contribution in [0.5, 0.6) is 0 Å². The van der Waals surface area contributed by atoms with Gasteiger partial charge in [0.25, 0.3) is 11.1 Å². The molecule has 0 atom stereocenters. The summed E-state index contributed by atoms with van der Waals surface area (Å²) in [6.07, 6.45) is 1.48. The second kappa shape index (κ2) is 7.61. The van der Waals surface area contributed by atoms with E-state index in [0.29, 0.717) is 15.6 Å². The summed E-state index contributed by atoms with van der Waals surface area (Å²) in [6, 6.07) is 9.66. The van der Waals surface area contributed by atoms with Crippen LogP contribution in [0.4, 0.5) is 9.18 Å². The lowest BCUT2D eigenvalue weighted by molar-refractivity contribution is -0.122. The van der Waals surface area contributed by atoms with Crippen LogP contribution in [0.3, 0.4) is 0 Å². The molecule has 1 fully saturated rings. The maximum absolute atomic E-state index is 12.9. The van der Waals surface area contributed by atoms with Gasteiger partial charge in [0.1, 0.15) is 5.82 Å². The molecule has 0 bridgehead atoms. The van der Waals surface area contributed by atoms with Crippen LogP contribution in [0.25, 0.3) is 6.08 Å². The molecule has 3 rings (SSSR count). The van der Waals surface area contributed by atoms with Crippen LogP contribution in [0, 0.1) is 5.82 Å². The van der Waals surface area contributed by atoms with Crippen LogP contribution in [0.15, 0.2) is 47.4 Å². The molecular formula is C18H10Cl2FNO3S. The number of carbonyl (C=O) groups is 3. The van der Waals surface area contributed by atoms with E-state index in [0.717, 1.165) is 28.8 Å². The standard InChI is InChI=1S/C18H10Cl2FNO3S/c19-12-4-1-11(14(20)8-12)7-16-17(24)22(18(25)26-16)9-15(23)10-2-5-13(21)6-3-10/h1-8H,9H2/b16-7+. The van der Waals surface area contributed by atoms with Gasteiger partial charge in [-0.1, -0.05) is 29.3 Å². The maximum atomic E-state index is 12.9. The maximum Gasteiger partial charge on any atom is 0.293 e. The minimum absolute atomic E-state index is 0.158. The van der Waals surface area contributed by atoms with E-state index in [1.807, 2.05) is 0 Å². The van der Waals surface area contributed by atoms with Crippen molar-refractivity contribution in [3.05, 3.63) is 74.4 Å². The fraction of sp³-hybridized carbons (Fsp3) is 0.0556. The summed E-state index contributed by atoms with van der Waals surface area (Å²) in [5, 5.41) is 0.235. The Morgan fingerprint density at radius 2 is 1.81 bits per heavy atom. The quantitative estimate of drug-likeness (QED) is 0.523. The Morgan fingerprint density at radius 3 is 2.46 bits per heavy atom. The van der Waals surface area contributed by atoms with E-state index < -0.39 is 29.3 Å². The zero-order valence-electron chi connectivity index (χ0n) is 13.0. The first kappa shape index (κ1) is 18.6. The smallest absolute Gasteiger partial charge is 0.292 e. The Kier molecular flexibility index (Phi) is 5.46. The van der Waals surface area contributed by atoms with E-state index >= 15 is 0 Å². The average Bonchev–Trinajstić information content (AvgIpc) is 2.85. The highest BCUT2D eigenvalue weighted by Gasteiger charge is 2.36. The lowest BCUT2D eigenvalue weighted by Crippen LogP contribution is -2.33. The van der Waals surface area contributed by atoms with Gasteiger partial charge in [0.2, 0.25) is 0 Å². The molecule has 0 N–H and O–H groups in total. The molecule has 8 heteroatoms. The molecule has 1 aliphatic heterocycles. The Balaban J connectivity index is 1.79. The summed E-state index contributed by atoms with van der Waals surface area (Å²) in [4.78, 5) is 37.8. The average molecular weight is 410 g/mol. The van der Waals surface area contributed by atoms with Crippen LogP contribution in [-0.2, 0) is 4.79 Å². The van der Waals surface area contributed by atoms with Crippen molar-refractivity contribution in [2.75, 3.05) is 6.54 Å². The van der Waals surface area contributed by atoms with E-state index in [-0.39, 0.29) is 10.5 Å². The lowest BCUT2D eigenvalue weighted by atomic mass is 10.1. The molecule has 0 unspecified atom stereocenters. The summed E-state index contributed by atoms with van der Waals surface area (Å²) in [5.74, 6) is -1.52. The Morgan fingerprint density at radius 1 is 1.12 bits per heavy atom. The third-order valence-corrected chi connectivity index (χ3v) is 5.06. The van der Waals surface area contributed by atoms with E-state index in [2.05, 4.69) is 0 Å². The van der Waals surface area contributed by atoms with Crippen molar-refractivity contribution in [1.29, 1.82) is 0 Å². The fourth-order valence-electron chi connectivity index (χ4n) is 2.27. The number of thioether (sulfide) groups is 1. The first-order valence-corrected chi connectivity index (χ1v) is 8.91. The van der Waals surface area contributed by atoms with Gasteiger partial charge in [-0.05, 0) is 59.8 Å². The first-order valence-electron chi connectivity index (χ1n) is 7.34. The van der Waals surface area contributed by atoms with Gasteiger partial charge in [0.15, 0.2) is 5.78 Å². The van der Waals surface area contributed by atoms with Crippen molar-refractivity contribution in [3.8, 4) is 0 Å². The molecule has 0 saturated carbocycles. The molecule has 1 heterocycles. The van der Waals surface area contributed by atoms with E-state index in [1.165, 1.54) is 24.3 Å². The summed E-state index contributed by atoms with van der Waals surface area (Å²) >= 11 is 12.6. The molecule has 2 amide bonds. The van der Waals surface area contributed by atoms with Gasteiger partial charge in [-0.3, -0.25) is 19.3 Å². The largest absolute Gasteiger partial charge is 0.293 e. The van der Waals surface area contributed by atoms with E-state index in [4.69, 9.17) is 23.2 Å². The van der Waals surface area contributed by atoms with Crippen LogP contribution >= 0.6 is 35.0 Å². The molecule has 2 aromatic carbocycles. The predicted octanol–water partition coefficient (Wildman–Crippen LogP) is 5.05. The second-order valence-electron chi connectivity index (χ2n) is 5.36. The first-order chi connectivity index (χ1) is 12.3. The number of nitrogens with zero attached hydrogens (tertiary/aromatic N) is 1. The highest BCUT2D eigenvalue weighted by molar-refractivity contribution is 8.18. The number of imide groups is 1. The number of ketones is 1. The Labute approximate surface area is 162 Å². The molecule has 0 aliphatic carbocycles. The molecule has 1 saturated heterocycles. The van der Waals surface area contributed by atoms with Crippen molar-refractivity contribution in [2.45, 2.75) is 0 Å². The number of halogens is 3. The SMILES string of the molecule is O=C(CN1C(=O)S/C(=C/c2ccc(Cl)cc2Cl)C1=O)c1ccc(F)cc1. The number of benzene rings is 2.